The van der Waals surface area contributed by atoms with Crippen LogP contribution in [0.3, 0.4) is 0 Å². The Bertz CT molecular complexity index is 897. The molecular formula is C21H16N2O2. The van der Waals surface area contributed by atoms with Gasteiger partial charge in [-0.25, -0.2) is 0 Å². The Kier molecular flexibility index (Phi) is 5.08. The van der Waals surface area contributed by atoms with Gasteiger partial charge in [-0.15, -0.1) is 0 Å². The highest BCUT2D eigenvalue weighted by atomic mass is 16.5. The van der Waals surface area contributed by atoms with Gasteiger partial charge in [0.25, 0.3) is 5.91 Å². The van der Waals surface area contributed by atoms with Crippen molar-refractivity contribution < 1.29 is 9.53 Å². The molecule has 3 rings (SSSR count). The van der Waals surface area contributed by atoms with Crippen LogP contribution in [0.1, 0.15) is 15.9 Å². The third-order valence-corrected chi connectivity index (χ3v) is 3.60. The maximum absolute atomic E-state index is 12.6. The van der Waals surface area contributed by atoms with Crippen molar-refractivity contribution in [2.24, 2.45) is 0 Å². The van der Waals surface area contributed by atoms with E-state index in [1.165, 1.54) is 0 Å². The Hall–Kier alpha value is -3.58. The lowest BCUT2D eigenvalue weighted by Crippen LogP contribution is -2.13. The van der Waals surface area contributed by atoms with E-state index < -0.39 is 0 Å². The maximum atomic E-state index is 12.6. The monoisotopic (exact) mass is 328 g/mol. The molecule has 1 N–H and O–H groups in total. The Morgan fingerprint density at radius 3 is 2.32 bits per heavy atom. The largest absolute Gasteiger partial charge is 0.457 e. The molecule has 25 heavy (non-hydrogen) atoms. The number of carbonyl (C=O) groups excluding carboxylic acids is 1. The van der Waals surface area contributed by atoms with Crippen molar-refractivity contribution in [2.45, 2.75) is 6.42 Å². The lowest BCUT2D eigenvalue weighted by atomic mass is 10.1. The number of amides is 1. The van der Waals surface area contributed by atoms with Crippen molar-refractivity contribution in [2.75, 3.05) is 5.32 Å². The summed E-state index contributed by atoms with van der Waals surface area (Å²) < 4.78 is 5.82. The van der Waals surface area contributed by atoms with Gasteiger partial charge in [-0.1, -0.05) is 42.5 Å². The molecule has 0 bridgehead atoms. The Morgan fingerprint density at radius 2 is 1.60 bits per heavy atom. The molecule has 3 aromatic carbocycles. The number of carbonyl (C=O) groups is 1. The van der Waals surface area contributed by atoms with Gasteiger partial charge in [0.2, 0.25) is 0 Å². The third kappa shape index (κ3) is 4.24. The summed E-state index contributed by atoms with van der Waals surface area (Å²) in [7, 11) is 0. The van der Waals surface area contributed by atoms with Gasteiger partial charge in [0.1, 0.15) is 11.5 Å². The summed E-state index contributed by atoms with van der Waals surface area (Å²) >= 11 is 0. The number of nitriles is 1. The van der Waals surface area contributed by atoms with Crippen molar-refractivity contribution >= 4 is 11.6 Å². The van der Waals surface area contributed by atoms with E-state index in [4.69, 9.17) is 10.00 Å². The smallest absolute Gasteiger partial charge is 0.259 e. The molecule has 0 aliphatic carbocycles. The number of nitrogens with zero attached hydrogens (tertiary/aromatic N) is 1. The maximum Gasteiger partial charge on any atom is 0.259 e. The summed E-state index contributed by atoms with van der Waals surface area (Å²) in [6, 6.07) is 25.7. The zero-order chi connectivity index (χ0) is 17.5. The number of benzene rings is 3. The minimum atomic E-state index is -0.250. The third-order valence-electron chi connectivity index (χ3n) is 3.60. The second kappa shape index (κ2) is 7.80. The summed E-state index contributed by atoms with van der Waals surface area (Å²) in [5, 5.41) is 11.6. The molecule has 4 nitrogen and oxygen atoms in total. The fourth-order valence-electron chi connectivity index (χ4n) is 2.35. The fourth-order valence-corrected chi connectivity index (χ4v) is 2.35. The van der Waals surface area contributed by atoms with Gasteiger partial charge in [-0.05, 0) is 42.0 Å². The molecule has 3 aromatic rings. The second-order valence-electron chi connectivity index (χ2n) is 5.40. The van der Waals surface area contributed by atoms with E-state index in [2.05, 4.69) is 11.4 Å². The highest BCUT2D eigenvalue weighted by Gasteiger charge is 2.13. The predicted molar refractivity (Wildman–Crippen MR) is 96.7 cm³/mol. The standard InChI is InChI=1S/C21H16N2O2/c22-15-14-16-10-12-17(13-11-16)23-21(24)19-8-4-5-9-20(19)25-18-6-2-1-3-7-18/h1-13H,14H2,(H,23,24). The average molecular weight is 328 g/mol. The molecule has 0 radical (unpaired) electrons. The Labute approximate surface area is 146 Å². The molecule has 0 heterocycles. The molecule has 0 aliphatic heterocycles. The van der Waals surface area contributed by atoms with Gasteiger partial charge in [-0.2, -0.15) is 5.26 Å². The molecule has 122 valence electrons. The summed E-state index contributed by atoms with van der Waals surface area (Å²) in [5.74, 6) is 0.912. The van der Waals surface area contributed by atoms with Crippen molar-refractivity contribution in [3.8, 4) is 17.6 Å². The van der Waals surface area contributed by atoms with Gasteiger partial charge in [0.15, 0.2) is 0 Å². The Balaban J connectivity index is 1.77. The minimum Gasteiger partial charge on any atom is -0.457 e. The van der Waals surface area contributed by atoms with Crippen LogP contribution in [-0.2, 0) is 6.42 Å². The first kappa shape index (κ1) is 16.3. The van der Waals surface area contributed by atoms with Crippen LogP contribution in [0.25, 0.3) is 0 Å². The van der Waals surface area contributed by atoms with Gasteiger partial charge in [0, 0.05) is 5.69 Å². The number of para-hydroxylation sites is 2. The van der Waals surface area contributed by atoms with Crippen molar-refractivity contribution in [3.05, 3.63) is 90.0 Å². The summed E-state index contributed by atoms with van der Waals surface area (Å²) in [6.07, 6.45) is 0.349. The molecule has 0 aliphatic rings. The van der Waals surface area contributed by atoms with Crippen LogP contribution in [0.15, 0.2) is 78.9 Å². The van der Waals surface area contributed by atoms with Crippen molar-refractivity contribution in [1.82, 2.24) is 0 Å². The molecule has 1 amide bonds. The van der Waals surface area contributed by atoms with E-state index in [1.54, 1.807) is 30.3 Å². The van der Waals surface area contributed by atoms with Crippen LogP contribution >= 0.6 is 0 Å². The topological polar surface area (TPSA) is 62.1 Å². The summed E-state index contributed by atoms with van der Waals surface area (Å²) in [5.41, 5.74) is 2.03. The molecule has 0 atom stereocenters. The molecule has 0 fully saturated rings. The average Bonchev–Trinajstić information content (AvgIpc) is 2.65. The van der Waals surface area contributed by atoms with E-state index >= 15 is 0 Å². The van der Waals surface area contributed by atoms with Crippen molar-refractivity contribution in [1.29, 1.82) is 5.26 Å². The van der Waals surface area contributed by atoms with Gasteiger partial charge < -0.3 is 10.1 Å². The first-order valence-electron chi connectivity index (χ1n) is 7.85. The van der Waals surface area contributed by atoms with Crippen LogP contribution in [-0.4, -0.2) is 5.91 Å². The SMILES string of the molecule is N#CCc1ccc(NC(=O)c2ccccc2Oc2ccccc2)cc1. The van der Waals surface area contributed by atoms with E-state index in [1.807, 2.05) is 48.5 Å². The van der Waals surface area contributed by atoms with Crippen LogP contribution in [0.4, 0.5) is 5.69 Å². The number of rotatable bonds is 5. The van der Waals surface area contributed by atoms with Crippen LogP contribution < -0.4 is 10.1 Å². The van der Waals surface area contributed by atoms with Crippen LogP contribution in [0.2, 0.25) is 0 Å². The first-order valence-corrected chi connectivity index (χ1v) is 7.85. The van der Waals surface area contributed by atoms with Gasteiger partial charge in [0.05, 0.1) is 18.1 Å². The number of nitrogens with one attached hydrogen (secondary N) is 1. The Morgan fingerprint density at radius 1 is 0.920 bits per heavy atom. The highest BCUT2D eigenvalue weighted by molar-refractivity contribution is 6.06. The number of hydrogen-bond acceptors (Lipinski definition) is 3. The minimum absolute atomic E-state index is 0.250. The van der Waals surface area contributed by atoms with Crippen LogP contribution in [0, 0.1) is 11.3 Å². The zero-order valence-corrected chi connectivity index (χ0v) is 13.5. The fraction of sp³-hybridized carbons (Fsp3) is 0.0476. The summed E-state index contributed by atoms with van der Waals surface area (Å²) in [6.45, 7) is 0. The van der Waals surface area contributed by atoms with Gasteiger partial charge in [-0.3, -0.25) is 4.79 Å². The molecule has 4 heteroatoms. The number of ether oxygens (including phenoxy) is 1. The van der Waals surface area contributed by atoms with E-state index in [0.717, 1.165) is 5.56 Å². The van der Waals surface area contributed by atoms with E-state index in [9.17, 15) is 4.79 Å². The zero-order valence-electron chi connectivity index (χ0n) is 13.5. The molecule has 0 saturated carbocycles. The van der Waals surface area contributed by atoms with E-state index in [0.29, 0.717) is 29.2 Å². The molecule has 0 unspecified atom stereocenters. The highest BCUT2D eigenvalue weighted by Crippen LogP contribution is 2.25. The number of hydrogen-bond donors (Lipinski definition) is 1. The quantitative estimate of drug-likeness (QED) is 0.732. The van der Waals surface area contributed by atoms with Gasteiger partial charge >= 0.3 is 0 Å². The lowest BCUT2D eigenvalue weighted by Gasteiger charge is -2.11. The lowest BCUT2D eigenvalue weighted by molar-refractivity contribution is 0.102. The molecular weight excluding hydrogens is 312 g/mol. The van der Waals surface area contributed by atoms with E-state index in [-0.39, 0.29) is 5.91 Å². The molecule has 0 aromatic heterocycles. The molecule has 0 spiro atoms. The first-order chi connectivity index (χ1) is 12.3. The normalized spacial score (nSPS) is 9.88. The second-order valence-corrected chi connectivity index (χ2v) is 5.40. The predicted octanol–water partition coefficient (Wildman–Crippen LogP) is 4.80. The molecule has 0 saturated heterocycles. The van der Waals surface area contributed by atoms with Crippen molar-refractivity contribution in [3.63, 3.8) is 0 Å². The summed E-state index contributed by atoms with van der Waals surface area (Å²) in [4.78, 5) is 12.6. The van der Waals surface area contributed by atoms with Crippen LogP contribution in [0.5, 0.6) is 11.5 Å². The number of anilines is 1.